The van der Waals surface area contributed by atoms with Crippen LogP contribution in [0.2, 0.25) is 0 Å². The summed E-state index contributed by atoms with van der Waals surface area (Å²) in [6.07, 6.45) is 0.871. The van der Waals surface area contributed by atoms with E-state index in [0.717, 1.165) is 25.1 Å². The maximum atomic E-state index is 12.3. The molecule has 0 aliphatic carbocycles. The van der Waals surface area contributed by atoms with Crippen molar-refractivity contribution in [3.63, 3.8) is 0 Å². The fourth-order valence-corrected chi connectivity index (χ4v) is 2.22. The van der Waals surface area contributed by atoms with Gasteiger partial charge in [0.1, 0.15) is 6.54 Å². The van der Waals surface area contributed by atoms with Crippen molar-refractivity contribution in [2.45, 2.75) is 13.0 Å². The van der Waals surface area contributed by atoms with Crippen LogP contribution >= 0.6 is 0 Å². The number of rotatable bonds is 4. The van der Waals surface area contributed by atoms with Crippen LogP contribution < -0.4 is 5.32 Å². The van der Waals surface area contributed by atoms with Crippen LogP contribution in [0.1, 0.15) is 12.0 Å². The Morgan fingerprint density at radius 1 is 1.44 bits per heavy atom. The van der Waals surface area contributed by atoms with Crippen LogP contribution in [0.5, 0.6) is 0 Å². The van der Waals surface area contributed by atoms with Gasteiger partial charge in [-0.05, 0) is 18.5 Å². The van der Waals surface area contributed by atoms with Gasteiger partial charge in [0.15, 0.2) is 0 Å². The van der Waals surface area contributed by atoms with Crippen molar-refractivity contribution >= 4 is 5.91 Å². The zero-order valence-electron chi connectivity index (χ0n) is 10.3. The summed E-state index contributed by atoms with van der Waals surface area (Å²) in [5, 5.41) is 12.0. The van der Waals surface area contributed by atoms with E-state index in [-0.39, 0.29) is 18.4 Å². The molecule has 4 heteroatoms. The molecule has 1 aromatic rings. The van der Waals surface area contributed by atoms with E-state index >= 15 is 0 Å². The maximum Gasteiger partial charge on any atom is 0.228 e. The Morgan fingerprint density at radius 3 is 2.83 bits per heavy atom. The Morgan fingerprint density at radius 2 is 2.22 bits per heavy atom. The monoisotopic (exact) mass is 243 g/mol. The highest BCUT2D eigenvalue weighted by molar-refractivity contribution is 5.79. The van der Waals surface area contributed by atoms with Gasteiger partial charge >= 0.3 is 0 Å². The van der Waals surface area contributed by atoms with Crippen molar-refractivity contribution in [3.8, 4) is 6.07 Å². The van der Waals surface area contributed by atoms with E-state index in [1.54, 1.807) is 4.90 Å². The smallest absolute Gasteiger partial charge is 0.228 e. The van der Waals surface area contributed by atoms with E-state index in [9.17, 15) is 4.79 Å². The molecular weight excluding hydrogens is 226 g/mol. The Kier molecular flexibility index (Phi) is 4.32. The molecular formula is C14H17N3O. The molecule has 0 spiro atoms. The van der Waals surface area contributed by atoms with E-state index in [1.165, 1.54) is 0 Å². The van der Waals surface area contributed by atoms with E-state index < -0.39 is 0 Å². The third kappa shape index (κ3) is 3.08. The van der Waals surface area contributed by atoms with Gasteiger partial charge in [-0.1, -0.05) is 30.3 Å². The van der Waals surface area contributed by atoms with Crippen molar-refractivity contribution in [1.82, 2.24) is 10.2 Å². The second-order valence-electron chi connectivity index (χ2n) is 4.53. The zero-order valence-corrected chi connectivity index (χ0v) is 10.3. The molecule has 0 saturated carbocycles. The van der Waals surface area contributed by atoms with Gasteiger partial charge in [0.05, 0.1) is 12.0 Å². The largest absolute Gasteiger partial charge is 0.325 e. The number of amides is 1. The molecule has 1 unspecified atom stereocenters. The van der Waals surface area contributed by atoms with Gasteiger partial charge in [-0.15, -0.1) is 0 Å². The first-order valence-corrected chi connectivity index (χ1v) is 6.21. The number of nitriles is 1. The van der Waals surface area contributed by atoms with E-state index in [1.807, 2.05) is 30.3 Å². The minimum Gasteiger partial charge on any atom is -0.325 e. The summed E-state index contributed by atoms with van der Waals surface area (Å²) in [5.41, 5.74) is 1.06. The third-order valence-electron chi connectivity index (χ3n) is 3.20. The summed E-state index contributed by atoms with van der Waals surface area (Å²) in [5.74, 6) is 0.118. The molecule has 2 rings (SSSR count). The average Bonchev–Trinajstić information content (AvgIpc) is 2.92. The van der Waals surface area contributed by atoms with Gasteiger partial charge < -0.3 is 10.2 Å². The third-order valence-corrected chi connectivity index (χ3v) is 3.20. The van der Waals surface area contributed by atoms with Gasteiger partial charge in [-0.2, -0.15) is 5.26 Å². The lowest BCUT2D eigenvalue weighted by molar-refractivity contribution is -0.134. The first kappa shape index (κ1) is 12.6. The summed E-state index contributed by atoms with van der Waals surface area (Å²) in [7, 11) is 0. The summed E-state index contributed by atoms with van der Waals surface area (Å²) in [6, 6.07) is 11.9. The van der Waals surface area contributed by atoms with Crippen molar-refractivity contribution in [3.05, 3.63) is 35.9 Å². The summed E-state index contributed by atoms with van der Waals surface area (Å²) >= 11 is 0. The molecule has 1 aromatic carbocycles. The molecule has 1 amide bonds. The highest BCUT2D eigenvalue weighted by Gasteiger charge is 2.26. The molecule has 1 aliphatic heterocycles. The quantitative estimate of drug-likeness (QED) is 0.807. The van der Waals surface area contributed by atoms with Crippen molar-refractivity contribution in [1.29, 1.82) is 5.26 Å². The number of carbonyl (C=O) groups is 1. The number of benzene rings is 1. The molecule has 94 valence electrons. The minimum absolute atomic E-state index is 0.0297. The summed E-state index contributed by atoms with van der Waals surface area (Å²) in [6.45, 7) is 2.30. The van der Waals surface area contributed by atoms with Crippen LogP contribution in [-0.2, 0) is 11.3 Å². The normalized spacial score (nSPS) is 18.3. The highest BCUT2D eigenvalue weighted by atomic mass is 16.2. The molecule has 1 N–H and O–H groups in total. The van der Waals surface area contributed by atoms with E-state index in [4.69, 9.17) is 5.26 Å². The summed E-state index contributed by atoms with van der Waals surface area (Å²) < 4.78 is 0. The molecule has 18 heavy (non-hydrogen) atoms. The Hall–Kier alpha value is -1.86. The Labute approximate surface area is 107 Å². The van der Waals surface area contributed by atoms with Crippen LogP contribution in [0.4, 0.5) is 0 Å². The maximum absolute atomic E-state index is 12.3. The summed E-state index contributed by atoms with van der Waals surface area (Å²) in [4.78, 5) is 13.9. The van der Waals surface area contributed by atoms with Crippen molar-refractivity contribution in [2.75, 3.05) is 19.6 Å². The SMILES string of the molecule is N#CCN(Cc1ccccc1)C(=O)C1CCNC1. The molecule has 0 radical (unpaired) electrons. The second-order valence-corrected chi connectivity index (χ2v) is 4.53. The van der Waals surface area contributed by atoms with Crippen molar-refractivity contribution in [2.24, 2.45) is 5.92 Å². The van der Waals surface area contributed by atoms with Crippen LogP contribution in [0.25, 0.3) is 0 Å². The first-order chi connectivity index (χ1) is 8.81. The molecule has 0 aromatic heterocycles. The predicted octanol–water partition coefficient (Wildman–Crippen LogP) is 1.15. The topological polar surface area (TPSA) is 56.1 Å². The minimum atomic E-state index is 0.0297. The van der Waals surface area contributed by atoms with Gasteiger partial charge in [-0.25, -0.2) is 0 Å². The zero-order chi connectivity index (χ0) is 12.8. The van der Waals surface area contributed by atoms with Crippen LogP contribution in [0.15, 0.2) is 30.3 Å². The lowest BCUT2D eigenvalue weighted by Gasteiger charge is -2.22. The Balaban J connectivity index is 2.03. The van der Waals surface area contributed by atoms with E-state index in [2.05, 4.69) is 11.4 Å². The fourth-order valence-electron chi connectivity index (χ4n) is 2.22. The molecule has 1 fully saturated rings. The van der Waals surface area contributed by atoms with Crippen LogP contribution in [-0.4, -0.2) is 30.4 Å². The fraction of sp³-hybridized carbons (Fsp3) is 0.429. The molecule has 4 nitrogen and oxygen atoms in total. The van der Waals surface area contributed by atoms with Gasteiger partial charge in [0.2, 0.25) is 5.91 Å². The van der Waals surface area contributed by atoms with Crippen LogP contribution in [0.3, 0.4) is 0 Å². The van der Waals surface area contributed by atoms with Gasteiger partial charge in [-0.3, -0.25) is 4.79 Å². The number of carbonyl (C=O) groups excluding carboxylic acids is 1. The Bertz CT molecular complexity index is 432. The number of nitrogens with one attached hydrogen (secondary N) is 1. The highest BCUT2D eigenvalue weighted by Crippen LogP contribution is 2.14. The van der Waals surface area contributed by atoms with Crippen LogP contribution in [0, 0.1) is 17.2 Å². The lowest BCUT2D eigenvalue weighted by Crippen LogP contribution is -2.36. The lowest BCUT2D eigenvalue weighted by atomic mass is 10.1. The molecule has 1 aliphatic rings. The first-order valence-electron chi connectivity index (χ1n) is 6.21. The standard InChI is InChI=1S/C14H17N3O/c15-7-9-17(11-12-4-2-1-3-5-12)14(18)13-6-8-16-10-13/h1-5,13,16H,6,8-11H2. The molecule has 1 heterocycles. The van der Waals surface area contributed by atoms with Crippen molar-refractivity contribution < 1.29 is 4.79 Å². The van der Waals surface area contributed by atoms with E-state index in [0.29, 0.717) is 6.54 Å². The average molecular weight is 243 g/mol. The molecule has 1 saturated heterocycles. The molecule has 1 atom stereocenters. The van der Waals surface area contributed by atoms with Gasteiger partial charge in [0, 0.05) is 13.1 Å². The van der Waals surface area contributed by atoms with Gasteiger partial charge in [0.25, 0.3) is 0 Å². The number of hydrogen-bond acceptors (Lipinski definition) is 3. The number of hydrogen-bond donors (Lipinski definition) is 1. The molecule has 0 bridgehead atoms. The number of nitrogens with zero attached hydrogens (tertiary/aromatic N) is 2. The predicted molar refractivity (Wildman–Crippen MR) is 68.4 cm³/mol. The second kappa shape index (κ2) is 6.18.